The zero-order chi connectivity index (χ0) is 23.9. The molecule has 0 saturated heterocycles. The van der Waals surface area contributed by atoms with Gasteiger partial charge in [-0.15, -0.1) is 10.2 Å². The van der Waals surface area contributed by atoms with Crippen molar-refractivity contribution in [3.8, 4) is 17.2 Å². The van der Waals surface area contributed by atoms with Crippen molar-refractivity contribution in [2.45, 2.75) is 11.8 Å². The zero-order valence-corrected chi connectivity index (χ0v) is 19.5. The van der Waals surface area contributed by atoms with Gasteiger partial charge in [-0.2, -0.15) is 0 Å². The molecule has 2 amide bonds. The lowest BCUT2D eigenvalue weighted by Gasteiger charge is -2.11. The summed E-state index contributed by atoms with van der Waals surface area (Å²) in [5, 5.41) is 11.4. The van der Waals surface area contributed by atoms with Gasteiger partial charge in [0.25, 0.3) is 5.91 Å². The van der Waals surface area contributed by atoms with Gasteiger partial charge in [0.1, 0.15) is 23.8 Å². The summed E-state index contributed by atoms with van der Waals surface area (Å²) in [6, 6.07) is 20.2. The smallest absolute Gasteiger partial charge is 0.274 e. The molecule has 0 aliphatic carbocycles. The quantitative estimate of drug-likeness (QED) is 0.369. The van der Waals surface area contributed by atoms with E-state index >= 15 is 0 Å². The average molecular weight is 478 g/mol. The molecule has 2 aromatic carbocycles. The Morgan fingerprint density at radius 2 is 1.71 bits per heavy atom. The molecule has 1 N–H and O–H groups in total. The minimum absolute atomic E-state index is 0.000463. The number of hydrogen-bond acceptors (Lipinski definition) is 7. The second-order valence-corrected chi connectivity index (χ2v) is 8.15. The molecular weight excluding hydrogens is 454 g/mol. The fraction of sp³-hybridized carbons (Fsp3) is 0.167. The van der Waals surface area contributed by atoms with Gasteiger partial charge in [0, 0.05) is 18.9 Å². The van der Waals surface area contributed by atoms with Gasteiger partial charge in [-0.05, 0) is 48.5 Å². The van der Waals surface area contributed by atoms with E-state index in [9.17, 15) is 9.59 Å². The second-order valence-electron chi connectivity index (χ2n) is 7.20. The molecule has 2 heterocycles. The fourth-order valence-corrected chi connectivity index (χ4v) is 3.97. The zero-order valence-electron chi connectivity index (χ0n) is 18.7. The predicted molar refractivity (Wildman–Crippen MR) is 127 cm³/mol. The molecule has 0 spiro atoms. The van der Waals surface area contributed by atoms with Crippen LogP contribution in [0.25, 0.3) is 5.69 Å². The van der Waals surface area contributed by atoms with Crippen LogP contribution in [0.3, 0.4) is 0 Å². The van der Waals surface area contributed by atoms with Crippen LogP contribution in [0.15, 0.2) is 78.1 Å². The molecule has 9 nitrogen and oxygen atoms in total. The summed E-state index contributed by atoms with van der Waals surface area (Å²) in [5.74, 6) is 1.11. The Morgan fingerprint density at radius 1 is 0.971 bits per heavy atom. The van der Waals surface area contributed by atoms with Gasteiger partial charge in [0.2, 0.25) is 5.91 Å². The number of imide groups is 1. The van der Waals surface area contributed by atoms with Gasteiger partial charge in [-0.1, -0.05) is 30.0 Å². The molecule has 2 aromatic heterocycles. The first-order chi connectivity index (χ1) is 16.5. The van der Waals surface area contributed by atoms with Crippen LogP contribution in [0, 0.1) is 0 Å². The lowest BCUT2D eigenvalue weighted by atomic mass is 10.3. The maximum Gasteiger partial charge on any atom is 0.274 e. The molecule has 0 unspecified atom stereocenters. The van der Waals surface area contributed by atoms with E-state index in [0.717, 1.165) is 11.4 Å². The van der Waals surface area contributed by atoms with Crippen molar-refractivity contribution in [3.63, 3.8) is 0 Å². The molecule has 0 saturated carbocycles. The molecule has 0 atom stereocenters. The number of benzene rings is 2. The third kappa shape index (κ3) is 5.46. The van der Waals surface area contributed by atoms with E-state index in [4.69, 9.17) is 9.47 Å². The van der Waals surface area contributed by atoms with Crippen LogP contribution in [0.1, 0.15) is 16.3 Å². The molecule has 0 aliphatic rings. The van der Waals surface area contributed by atoms with Crippen molar-refractivity contribution in [3.05, 3.63) is 84.4 Å². The SMILES string of the molecule is COc1ccc(OCc2nnc(SCC(=O)NC(=O)c3cccn3C)n2-c2ccccc2)cc1. The summed E-state index contributed by atoms with van der Waals surface area (Å²) in [6.07, 6.45) is 1.74. The van der Waals surface area contributed by atoms with Crippen LogP contribution < -0.4 is 14.8 Å². The number of amides is 2. The Morgan fingerprint density at radius 3 is 2.38 bits per heavy atom. The number of carbonyl (C=O) groups is 2. The number of thioether (sulfide) groups is 1. The highest BCUT2D eigenvalue weighted by atomic mass is 32.2. The topological polar surface area (TPSA) is 100 Å². The number of carbonyl (C=O) groups excluding carboxylic acids is 2. The van der Waals surface area contributed by atoms with Gasteiger partial charge in [-0.3, -0.25) is 19.5 Å². The van der Waals surface area contributed by atoms with E-state index in [1.165, 1.54) is 11.8 Å². The Kier molecular flexibility index (Phi) is 7.28. The molecule has 0 radical (unpaired) electrons. The highest BCUT2D eigenvalue weighted by molar-refractivity contribution is 7.99. The number of rotatable bonds is 9. The van der Waals surface area contributed by atoms with Gasteiger partial charge in [0.15, 0.2) is 11.0 Å². The standard InChI is InChI=1S/C24H23N5O4S/c1-28-14-6-9-20(28)23(31)25-22(30)16-34-24-27-26-21(29(24)17-7-4-3-5-8-17)15-33-19-12-10-18(32-2)11-13-19/h3-14H,15-16H2,1-2H3,(H,25,30,31). The number of hydrogen-bond donors (Lipinski definition) is 1. The van der Waals surface area contributed by atoms with Gasteiger partial charge < -0.3 is 14.0 Å². The first-order valence-electron chi connectivity index (χ1n) is 10.4. The van der Waals surface area contributed by atoms with E-state index in [1.807, 2.05) is 59.2 Å². The number of nitrogens with one attached hydrogen (secondary N) is 1. The Labute approximate surface area is 200 Å². The van der Waals surface area contributed by atoms with E-state index in [0.29, 0.717) is 22.4 Å². The van der Waals surface area contributed by atoms with Gasteiger partial charge in [0.05, 0.1) is 12.9 Å². The molecule has 174 valence electrons. The molecule has 0 fully saturated rings. The van der Waals surface area contributed by atoms with Crippen LogP contribution in [0.2, 0.25) is 0 Å². The number of methoxy groups -OCH3 is 1. The first-order valence-corrected chi connectivity index (χ1v) is 11.4. The largest absolute Gasteiger partial charge is 0.497 e. The van der Waals surface area contributed by atoms with Gasteiger partial charge in [-0.25, -0.2) is 0 Å². The molecular formula is C24H23N5O4S. The van der Waals surface area contributed by atoms with E-state index in [-0.39, 0.29) is 12.4 Å². The van der Waals surface area contributed by atoms with E-state index in [1.54, 1.807) is 37.1 Å². The summed E-state index contributed by atoms with van der Waals surface area (Å²) in [6.45, 7) is 0.174. The van der Waals surface area contributed by atoms with Crippen molar-refractivity contribution < 1.29 is 19.1 Å². The van der Waals surface area contributed by atoms with Gasteiger partial charge >= 0.3 is 0 Å². The maximum absolute atomic E-state index is 12.4. The molecule has 4 aromatic rings. The molecule has 0 bridgehead atoms. The Hall–Kier alpha value is -4.05. The van der Waals surface area contributed by atoms with E-state index < -0.39 is 11.8 Å². The van der Waals surface area contributed by atoms with E-state index in [2.05, 4.69) is 15.5 Å². The summed E-state index contributed by atoms with van der Waals surface area (Å²) >= 11 is 1.19. The van der Waals surface area contributed by atoms with Crippen LogP contribution in [0.4, 0.5) is 0 Å². The predicted octanol–water partition coefficient (Wildman–Crippen LogP) is 3.24. The van der Waals surface area contributed by atoms with Crippen molar-refractivity contribution in [1.29, 1.82) is 0 Å². The first kappa shape index (κ1) is 23.1. The average Bonchev–Trinajstić information content (AvgIpc) is 3.48. The fourth-order valence-electron chi connectivity index (χ4n) is 3.20. The normalized spacial score (nSPS) is 10.6. The van der Waals surface area contributed by atoms with Crippen molar-refractivity contribution in [2.75, 3.05) is 12.9 Å². The summed E-state index contributed by atoms with van der Waals surface area (Å²) in [4.78, 5) is 24.7. The van der Waals surface area contributed by atoms with Crippen LogP contribution in [-0.2, 0) is 18.4 Å². The number of aryl methyl sites for hydroxylation is 1. The highest BCUT2D eigenvalue weighted by Gasteiger charge is 2.18. The summed E-state index contributed by atoms with van der Waals surface area (Å²) in [5.41, 5.74) is 1.24. The Balaban J connectivity index is 1.46. The number of nitrogens with zero attached hydrogens (tertiary/aromatic N) is 4. The minimum Gasteiger partial charge on any atom is -0.497 e. The third-order valence-electron chi connectivity index (χ3n) is 4.90. The minimum atomic E-state index is -0.448. The molecule has 34 heavy (non-hydrogen) atoms. The number of ether oxygens (including phenoxy) is 2. The van der Waals surface area contributed by atoms with Crippen molar-refractivity contribution in [2.24, 2.45) is 7.05 Å². The monoisotopic (exact) mass is 477 g/mol. The lowest BCUT2D eigenvalue weighted by molar-refractivity contribution is -0.117. The summed E-state index contributed by atoms with van der Waals surface area (Å²) < 4.78 is 14.5. The van der Waals surface area contributed by atoms with Crippen molar-refractivity contribution in [1.82, 2.24) is 24.6 Å². The Bertz CT molecular complexity index is 1270. The summed E-state index contributed by atoms with van der Waals surface area (Å²) in [7, 11) is 3.35. The highest BCUT2D eigenvalue weighted by Crippen LogP contribution is 2.24. The number of aromatic nitrogens is 4. The van der Waals surface area contributed by atoms with Crippen LogP contribution in [-0.4, -0.2) is 44.0 Å². The van der Waals surface area contributed by atoms with Crippen molar-refractivity contribution >= 4 is 23.6 Å². The second kappa shape index (κ2) is 10.7. The van der Waals surface area contributed by atoms with Crippen LogP contribution in [0.5, 0.6) is 11.5 Å². The third-order valence-corrected chi connectivity index (χ3v) is 5.83. The number of para-hydroxylation sites is 1. The molecule has 10 heteroatoms. The molecule has 4 rings (SSSR count). The maximum atomic E-state index is 12.4. The molecule has 0 aliphatic heterocycles. The van der Waals surface area contributed by atoms with Crippen LogP contribution >= 0.6 is 11.8 Å². The lowest BCUT2D eigenvalue weighted by Crippen LogP contribution is -2.33.